The summed E-state index contributed by atoms with van der Waals surface area (Å²) in [7, 11) is -2.73. The van der Waals surface area contributed by atoms with Crippen molar-refractivity contribution in [3.63, 3.8) is 0 Å². The van der Waals surface area contributed by atoms with E-state index < -0.39 is 9.84 Å². The Bertz CT molecular complexity index is 293. The van der Waals surface area contributed by atoms with E-state index in [4.69, 9.17) is 0 Å². The second-order valence-electron chi connectivity index (χ2n) is 4.19. The lowest BCUT2D eigenvalue weighted by molar-refractivity contribution is -0.109. The predicted molar refractivity (Wildman–Crippen MR) is 49.0 cm³/mol. The van der Waals surface area contributed by atoms with Crippen LogP contribution in [0, 0.1) is 17.8 Å². The molecule has 0 N–H and O–H groups in total. The number of hydrogen-bond donors (Lipinski definition) is 0. The maximum atomic E-state index is 11.1. The lowest BCUT2D eigenvalue weighted by atomic mass is 9.96. The summed E-state index contributed by atoms with van der Waals surface area (Å²) in [6, 6.07) is 0. The molecule has 1 heterocycles. The van der Waals surface area contributed by atoms with E-state index >= 15 is 0 Å². The van der Waals surface area contributed by atoms with Gasteiger partial charge in [0.05, 0.1) is 11.5 Å². The Hall–Kier alpha value is -0.380. The first kappa shape index (κ1) is 9.19. The summed E-state index contributed by atoms with van der Waals surface area (Å²) in [5.74, 6) is 1.91. The second kappa shape index (κ2) is 3.08. The minimum Gasteiger partial charge on any atom is -0.303 e. The van der Waals surface area contributed by atoms with Crippen LogP contribution in [-0.2, 0) is 14.6 Å². The zero-order chi connectivity index (χ0) is 9.47. The first-order valence-corrected chi connectivity index (χ1v) is 6.60. The Morgan fingerprint density at radius 2 is 1.77 bits per heavy atom. The summed E-state index contributed by atoms with van der Waals surface area (Å²) >= 11 is 0. The summed E-state index contributed by atoms with van der Waals surface area (Å²) in [5.41, 5.74) is 0. The number of sulfone groups is 1. The average Bonchev–Trinajstić information content (AvgIpc) is 2.83. The van der Waals surface area contributed by atoms with E-state index in [1.54, 1.807) is 0 Å². The Morgan fingerprint density at radius 3 is 2.23 bits per heavy atom. The van der Waals surface area contributed by atoms with Crippen LogP contribution >= 0.6 is 0 Å². The van der Waals surface area contributed by atoms with E-state index in [0.29, 0.717) is 23.3 Å². The van der Waals surface area contributed by atoms with E-state index in [2.05, 4.69) is 0 Å². The second-order valence-corrected chi connectivity index (χ2v) is 6.49. The largest absolute Gasteiger partial charge is 0.303 e. The lowest BCUT2D eigenvalue weighted by Crippen LogP contribution is -2.24. The van der Waals surface area contributed by atoms with Crippen molar-refractivity contribution in [3.8, 4) is 0 Å². The molecule has 0 unspecified atom stereocenters. The molecule has 0 spiro atoms. The van der Waals surface area contributed by atoms with Crippen molar-refractivity contribution < 1.29 is 13.2 Å². The van der Waals surface area contributed by atoms with Crippen molar-refractivity contribution in [2.75, 3.05) is 11.5 Å². The van der Waals surface area contributed by atoms with E-state index in [-0.39, 0.29) is 5.92 Å². The summed E-state index contributed by atoms with van der Waals surface area (Å²) < 4.78 is 22.2. The summed E-state index contributed by atoms with van der Waals surface area (Å²) in [5, 5.41) is 0. The molecule has 2 rings (SSSR count). The molecule has 0 radical (unpaired) electrons. The van der Waals surface area contributed by atoms with Gasteiger partial charge in [-0.05, 0) is 31.1 Å². The molecule has 2 atom stereocenters. The Balaban J connectivity index is 1.89. The van der Waals surface area contributed by atoms with Gasteiger partial charge in [-0.2, -0.15) is 0 Å². The zero-order valence-electron chi connectivity index (χ0n) is 7.48. The molecule has 4 heteroatoms. The van der Waals surface area contributed by atoms with Crippen LogP contribution in [0.4, 0.5) is 0 Å². The van der Waals surface area contributed by atoms with Crippen molar-refractivity contribution in [1.82, 2.24) is 0 Å². The molecule has 0 aromatic carbocycles. The van der Waals surface area contributed by atoms with Crippen LogP contribution in [0.15, 0.2) is 0 Å². The van der Waals surface area contributed by atoms with Gasteiger partial charge < -0.3 is 4.79 Å². The van der Waals surface area contributed by atoms with Crippen molar-refractivity contribution in [2.24, 2.45) is 17.8 Å². The van der Waals surface area contributed by atoms with E-state index in [0.717, 1.165) is 25.5 Å². The SMILES string of the molecule is O=C[C@H]1C[C@H]1C1CCS(=O)(=O)CC1. The zero-order valence-corrected chi connectivity index (χ0v) is 8.29. The first-order chi connectivity index (χ1) is 6.12. The molecule has 2 aliphatic rings. The highest BCUT2D eigenvalue weighted by atomic mass is 32.2. The number of carbonyl (C=O) groups excluding carboxylic acids is 1. The molecule has 13 heavy (non-hydrogen) atoms. The molecular formula is C9H14O3S. The van der Waals surface area contributed by atoms with Crippen LogP contribution in [0.1, 0.15) is 19.3 Å². The topological polar surface area (TPSA) is 51.2 Å². The highest BCUT2D eigenvalue weighted by Gasteiger charge is 2.44. The van der Waals surface area contributed by atoms with Crippen LogP contribution in [0.5, 0.6) is 0 Å². The van der Waals surface area contributed by atoms with E-state index in [9.17, 15) is 13.2 Å². The third kappa shape index (κ3) is 1.93. The lowest BCUT2D eigenvalue weighted by Gasteiger charge is -2.21. The van der Waals surface area contributed by atoms with Gasteiger partial charge >= 0.3 is 0 Å². The molecule has 1 aliphatic heterocycles. The van der Waals surface area contributed by atoms with Gasteiger partial charge in [0, 0.05) is 5.92 Å². The average molecular weight is 202 g/mol. The molecule has 0 aromatic rings. The molecule has 0 bridgehead atoms. The molecule has 0 amide bonds. The fourth-order valence-corrected chi connectivity index (χ4v) is 3.80. The fraction of sp³-hybridized carbons (Fsp3) is 0.889. The van der Waals surface area contributed by atoms with Gasteiger partial charge in [-0.1, -0.05) is 0 Å². The minimum atomic E-state index is -2.73. The molecule has 3 nitrogen and oxygen atoms in total. The van der Waals surface area contributed by atoms with Gasteiger partial charge in [0.2, 0.25) is 0 Å². The van der Waals surface area contributed by atoms with E-state index in [1.807, 2.05) is 0 Å². The van der Waals surface area contributed by atoms with Gasteiger partial charge in [0.15, 0.2) is 0 Å². The highest BCUT2D eigenvalue weighted by molar-refractivity contribution is 7.91. The minimum absolute atomic E-state index is 0.241. The third-order valence-corrected chi connectivity index (χ3v) is 4.99. The Kier molecular flexibility index (Phi) is 2.18. The van der Waals surface area contributed by atoms with Crippen molar-refractivity contribution in [1.29, 1.82) is 0 Å². The molecule has 1 saturated heterocycles. The van der Waals surface area contributed by atoms with Crippen LogP contribution in [0.25, 0.3) is 0 Å². The van der Waals surface area contributed by atoms with Crippen molar-refractivity contribution >= 4 is 16.1 Å². The van der Waals surface area contributed by atoms with Crippen LogP contribution < -0.4 is 0 Å². The summed E-state index contributed by atoms with van der Waals surface area (Å²) in [4.78, 5) is 10.4. The third-order valence-electron chi connectivity index (χ3n) is 3.27. The van der Waals surface area contributed by atoms with Crippen LogP contribution in [0.3, 0.4) is 0 Å². The highest BCUT2D eigenvalue weighted by Crippen LogP contribution is 2.46. The Labute approximate surface area is 78.4 Å². The summed E-state index contributed by atoms with van der Waals surface area (Å²) in [6.45, 7) is 0. The number of carbonyl (C=O) groups is 1. The summed E-state index contributed by atoms with van der Waals surface area (Å²) in [6.07, 6.45) is 3.57. The first-order valence-electron chi connectivity index (χ1n) is 4.78. The van der Waals surface area contributed by atoms with Gasteiger partial charge in [-0.15, -0.1) is 0 Å². The van der Waals surface area contributed by atoms with Crippen LogP contribution in [0.2, 0.25) is 0 Å². The molecule has 1 saturated carbocycles. The number of aldehydes is 1. The predicted octanol–water partition coefficient (Wildman–Crippen LogP) is 0.646. The smallest absolute Gasteiger partial charge is 0.150 e. The van der Waals surface area contributed by atoms with Gasteiger partial charge in [-0.3, -0.25) is 0 Å². The Morgan fingerprint density at radius 1 is 1.15 bits per heavy atom. The molecular weight excluding hydrogens is 188 g/mol. The number of rotatable bonds is 2. The molecule has 74 valence electrons. The normalized spacial score (nSPS) is 38.5. The van der Waals surface area contributed by atoms with Gasteiger partial charge in [0.1, 0.15) is 16.1 Å². The molecule has 1 aliphatic carbocycles. The van der Waals surface area contributed by atoms with Crippen molar-refractivity contribution in [3.05, 3.63) is 0 Å². The number of hydrogen-bond acceptors (Lipinski definition) is 3. The maximum Gasteiger partial charge on any atom is 0.150 e. The van der Waals surface area contributed by atoms with Gasteiger partial charge in [0.25, 0.3) is 0 Å². The molecule has 0 aromatic heterocycles. The van der Waals surface area contributed by atoms with Crippen molar-refractivity contribution in [2.45, 2.75) is 19.3 Å². The maximum absolute atomic E-state index is 11.1. The van der Waals surface area contributed by atoms with Gasteiger partial charge in [-0.25, -0.2) is 8.42 Å². The van der Waals surface area contributed by atoms with E-state index in [1.165, 1.54) is 0 Å². The monoisotopic (exact) mass is 202 g/mol. The quantitative estimate of drug-likeness (QED) is 0.618. The fourth-order valence-electron chi connectivity index (χ4n) is 2.27. The molecule has 2 fully saturated rings. The van der Waals surface area contributed by atoms with Crippen LogP contribution in [-0.4, -0.2) is 26.2 Å². The standard InChI is InChI=1S/C9H14O3S/c10-6-8-5-9(8)7-1-3-13(11,12)4-2-7/h6-9H,1-5H2/t8-,9+/m1/s1.